The quantitative estimate of drug-likeness (QED) is 0.581. The van der Waals surface area contributed by atoms with Crippen molar-refractivity contribution in [1.82, 2.24) is 0 Å². The van der Waals surface area contributed by atoms with Crippen molar-refractivity contribution in [3.8, 4) is 0 Å². The number of benzene rings is 1. The van der Waals surface area contributed by atoms with Gasteiger partial charge in [-0.1, -0.05) is 24.3 Å². The van der Waals surface area contributed by atoms with Crippen molar-refractivity contribution < 1.29 is 28.2 Å². The third kappa shape index (κ3) is 2.16. The summed E-state index contributed by atoms with van der Waals surface area (Å²) in [5.74, 6) is -3.89. The third-order valence-corrected chi connectivity index (χ3v) is 1.84. The van der Waals surface area contributed by atoms with Gasteiger partial charge in [0, 0.05) is 11.1 Å². The Hall–Kier alpha value is -1.40. The lowest BCUT2D eigenvalue weighted by atomic mass is 10.0. The van der Waals surface area contributed by atoms with Crippen LogP contribution in [0.1, 0.15) is 15.9 Å². The third-order valence-electron chi connectivity index (χ3n) is 1.84. The number of carbonyl (C=O) groups is 1. The van der Waals surface area contributed by atoms with Gasteiger partial charge in [-0.15, -0.1) is 0 Å². The number of aliphatic hydroxyl groups is 2. The second-order valence-corrected chi connectivity index (χ2v) is 2.91. The van der Waals surface area contributed by atoms with Crippen molar-refractivity contribution in [2.24, 2.45) is 0 Å². The highest BCUT2D eigenvalue weighted by molar-refractivity contribution is 5.74. The van der Waals surface area contributed by atoms with Crippen LogP contribution in [0.25, 0.3) is 0 Å². The van der Waals surface area contributed by atoms with Crippen LogP contribution >= 0.6 is 0 Å². The summed E-state index contributed by atoms with van der Waals surface area (Å²) in [5, 5.41) is 17.7. The largest absolute Gasteiger partial charge is 0.447 e. The molecule has 2 N–H and O–H groups in total. The highest BCUT2D eigenvalue weighted by Gasteiger charge is 2.54. The van der Waals surface area contributed by atoms with E-state index in [9.17, 15) is 18.0 Å². The lowest BCUT2D eigenvalue weighted by Crippen LogP contribution is -2.41. The average molecular weight is 220 g/mol. The molecule has 1 aromatic carbocycles. The van der Waals surface area contributed by atoms with Gasteiger partial charge in [0.1, 0.15) is 6.29 Å². The second-order valence-electron chi connectivity index (χ2n) is 2.91. The highest BCUT2D eigenvalue weighted by atomic mass is 19.4. The first-order chi connectivity index (χ1) is 6.79. The molecule has 0 aliphatic rings. The standard InChI is InChI=1S/C9H7F3O3/c10-9(11,12)8(14,15)7-3-1-6(5-13)2-4-7/h1-5,14-15H. The summed E-state index contributed by atoms with van der Waals surface area (Å²) < 4.78 is 36.4. The van der Waals surface area contributed by atoms with Gasteiger partial charge in [-0.05, 0) is 0 Å². The molecule has 0 amide bonds. The fourth-order valence-electron chi connectivity index (χ4n) is 0.958. The van der Waals surface area contributed by atoms with Crippen molar-refractivity contribution in [1.29, 1.82) is 0 Å². The Kier molecular flexibility index (Phi) is 2.83. The van der Waals surface area contributed by atoms with Crippen molar-refractivity contribution in [2.75, 3.05) is 0 Å². The van der Waals surface area contributed by atoms with Gasteiger partial charge in [0.15, 0.2) is 0 Å². The predicted molar refractivity (Wildman–Crippen MR) is 44.0 cm³/mol. The maximum Gasteiger partial charge on any atom is 0.447 e. The summed E-state index contributed by atoms with van der Waals surface area (Å²) in [6, 6.07) is 3.79. The van der Waals surface area contributed by atoms with Crippen molar-refractivity contribution in [2.45, 2.75) is 12.0 Å². The topological polar surface area (TPSA) is 57.5 Å². The monoisotopic (exact) mass is 220 g/mol. The van der Waals surface area contributed by atoms with Crippen LogP contribution in [0.3, 0.4) is 0 Å². The van der Waals surface area contributed by atoms with Crippen LogP contribution < -0.4 is 0 Å². The molecule has 1 aromatic rings. The molecule has 0 fully saturated rings. The van der Waals surface area contributed by atoms with E-state index >= 15 is 0 Å². The van der Waals surface area contributed by atoms with Crippen LogP contribution in [0.4, 0.5) is 13.2 Å². The van der Waals surface area contributed by atoms with Crippen LogP contribution in [0, 0.1) is 0 Å². The van der Waals surface area contributed by atoms with Crippen molar-refractivity contribution in [3.63, 3.8) is 0 Å². The number of halogens is 3. The highest BCUT2D eigenvalue weighted by Crippen LogP contribution is 2.36. The Morgan fingerprint density at radius 3 is 1.87 bits per heavy atom. The van der Waals surface area contributed by atoms with E-state index in [1.165, 1.54) is 0 Å². The molecule has 0 atom stereocenters. The van der Waals surface area contributed by atoms with Gasteiger partial charge in [-0.3, -0.25) is 4.79 Å². The Morgan fingerprint density at radius 2 is 1.53 bits per heavy atom. The average Bonchev–Trinajstić information content (AvgIpc) is 2.16. The minimum absolute atomic E-state index is 0.150. The Balaban J connectivity index is 3.11. The van der Waals surface area contributed by atoms with E-state index in [2.05, 4.69) is 0 Å². The van der Waals surface area contributed by atoms with Crippen LogP contribution in [0.2, 0.25) is 0 Å². The number of hydrogen-bond acceptors (Lipinski definition) is 3. The number of rotatable bonds is 2. The molecule has 82 valence electrons. The molecular formula is C9H7F3O3. The smallest absolute Gasteiger partial charge is 0.355 e. The summed E-state index contributed by atoms with van der Waals surface area (Å²) in [4.78, 5) is 10.2. The summed E-state index contributed by atoms with van der Waals surface area (Å²) >= 11 is 0. The van der Waals surface area contributed by atoms with E-state index in [0.29, 0.717) is 6.29 Å². The van der Waals surface area contributed by atoms with Gasteiger partial charge in [0.2, 0.25) is 0 Å². The molecule has 0 unspecified atom stereocenters. The Morgan fingerprint density at radius 1 is 1.07 bits per heavy atom. The van der Waals surface area contributed by atoms with Crippen molar-refractivity contribution in [3.05, 3.63) is 35.4 Å². The fourth-order valence-corrected chi connectivity index (χ4v) is 0.958. The number of alkyl halides is 3. The minimum Gasteiger partial charge on any atom is -0.355 e. The van der Waals surface area contributed by atoms with Gasteiger partial charge in [-0.2, -0.15) is 13.2 Å². The molecule has 6 heteroatoms. The molecule has 15 heavy (non-hydrogen) atoms. The molecule has 0 aromatic heterocycles. The summed E-state index contributed by atoms with van der Waals surface area (Å²) in [6.07, 6.45) is -4.75. The fraction of sp³-hybridized carbons (Fsp3) is 0.222. The SMILES string of the molecule is O=Cc1ccc(C(O)(O)C(F)(F)F)cc1. The lowest BCUT2D eigenvalue weighted by Gasteiger charge is -2.24. The molecule has 0 radical (unpaired) electrons. The van der Waals surface area contributed by atoms with E-state index in [4.69, 9.17) is 10.2 Å². The lowest BCUT2D eigenvalue weighted by molar-refractivity contribution is -0.358. The molecule has 0 saturated heterocycles. The van der Waals surface area contributed by atoms with Crippen LogP contribution in [-0.4, -0.2) is 22.7 Å². The molecule has 0 saturated carbocycles. The minimum atomic E-state index is -5.18. The molecule has 0 aliphatic carbocycles. The number of aldehydes is 1. The van der Waals surface area contributed by atoms with E-state index in [1.807, 2.05) is 0 Å². The van der Waals surface area contributed by atoms with Crippen LogP contribution in [0.5, 0.6) is 0 Å². The zero-order valence-electron chi connectivity index (χ0n) is 7.32. The first kappa shape index (κ1) is 11.7. The number of hydrogen-bond donors (Lipinski definition) is 2. The van der Waals surface area contributed by atoms with Gasteiger partial charge in [0.25, 0.3) is 5.79 Å². The van der Waals surface area contributed by atoms with Crippen LogP contribution in [-0.2, 0) is 5.79 Å². The van der Waals surface area contributed by atoms with Crippen molar-refractivity contribution >= 4 is 6.29 Å². The molecule has 0 heterocycles. The molecular weight excluding hydrogens is 213 g/mol. The Labute approximate surface area is 82.8 Å². The zero-order valence-corrected chi connectivity index (χ0v) is 7.32. The van der Waals surface area contributed by atoms with Crippen LogP contribution in [0.15, 0.2) is 24.3 Å². The van der Waals surface area contributed by atoms with E-state index in [-0.39, 0.29) is 5.56 Å². The van der Waals surface area contributed by atoms with Gasteiger partial charge < -0.3 is 10.2 Å². The van der Waals surface area contributed by atoms with Gasteiger partial charge in [0.05, 0.1) is 0 Å². The molecule has 3 nitrogen and oxygen atoms in total. The Bertz CT molecular complexity index is 354. The summed E-state index contributed by atoms with van der Waals surface area (Å²) in [6.45, 7) is 0. The summed E-state index contributed by atoms with van der Waals surface area (Å²) in [7, 11) is 0. The van der Waals surface area contributed by atoms with E-state index < -0.39 is 17.5 Å². The van der Waals surface area contributed by atoms with Gasteiger partial charge in [-0.25, -0.2) is 0 Å². The molecule has 0 spiro atoms. The number of carbonyl (C=O) groups excluding carboxylic acids is 1. The maximum absolute atomic E-state index is 12.1. The predicted octanol–water partition coefficient (Wildman–Crippen LogP) is 1.20. The molecule has 0 bridgehead atoms. The van der Waals surface area contributed by atoms with E-state index in [1.54, 1.807) is 0 Å². The first-order valence-electron chi connectivity index (χ1n) is 3.86. The van der Waals surface area contributed by atoms with Gasteiger partial charge >= 0.3 is 6.18 Å². The molecule has 0 aliphatic heterocycles. The first-order valence-corrected chi connectivity index (χ1v) is 3.86. The zero-order chi connectivity index (χ0) is 11.7. The summed E-state index contributed by atoms with van der Waals surface area (Å²) in [5.41, 5.74) is -0.586. The maximum atomic E-state index is 12.1. The van der Waals surface area contributed by atoms with E-state index in [0.717, 1.165) is 24.3 Å². The normalized spacial score (nSPS) is 12.6. The molecule has 1 rings (SSSR count). The second kappa shape index (κ2) is 3.63.